The fourth-order valence-electron chi connectivity index (χ4n) is 1.46. The molecule has 4 nitrogen and oxygen atoms in total. The molecule has 1 aromatic heterocycles. The third-order valence-corrected chi connectivity index (χ3v) is 4.34. The first-order valence-corrected chi connectivity index (χ1v) is 7.11. The fraction of sp³-hybridized carbons (Fsp3) is 0.250. The molecule has 0 saturated carbocycles. The van der Waals surface area contributed by atoms with Crippen molar-refractivity contribution in [3.05, 3.63) is 38.8 Å². The fourth-order valence-corrected chi connectivity index (χ4v) is 2.51. The maximum atomic E-state index is 12.1. The molecule has 18 heavy (non-hydrogen) atoms. The highest BCUT2D eigenvalue weighted by molar-refractivity contribution is 9.10. The Morgan fingerprint density at radius 2 is 2.22 bits per heavy atom. The van der Waals surface area contributed by atoms with Gasteiger partial charge in [0, 0.05) is 10.0 Å². The standard InChI is InChI=1S/C12H12BrN3OS/c1-3-10-15-16-12(18-10)14-11(17)8-5-4-6-9(13)7(8)2/h4-6H,3H2,1-2H3,(H,14,16,17). The number of aryl methyl sites for hydroxylation is 1. The zero-order chi connectivity index (χ0) is 13.1. The van der Waals surface area contributed by atoms with Gasteiger partial charge in [-0.2, -0.15) is 0 Å². The molecule has 0 radical (unpaired) electrons. The molecule has 1 N–H and O–H groups in total. The zero-order valence-electron chi connectivity index (χ0n) is 10.0. The molecule has 0 saturated heterocycles. The lowest BCUT2D eigenvalue weighted by Gasteiger charge is -2.06. The minimum Gasteiger partial charge on any atom is -0.296 e. The normalized spacial score (nSPS) is 10.4. The molecule has 0 aliphatic heterocycles. The van der Waals surface area contributed by atoms with E-state index in [-0.39, 0.29) is 5.91 Å². The summed E-state index contributed by atoms with van der Waals surface area (Å²) in [6, 6.07) is 5.53. The molecule has 6 heteroatoms. The van der Waals surface area contributed by atoms with Crippen molar-refractivity contribution in [3.63, 3.8) is 0 Å². The van der Waals surface area contributed by atoms with Crippen molar-refractivity contribution in [2.24, 2.45) is 0 Å². The summed E-state index contributed by atoms with van der Waals surface area (Å²) < 4.78 is 0.918. The molecular formula is C12H12BrN3OS. The summed E-state index contributed by atoms with van der Waals surface area (Å²) in [5.41, 5.74) is 1.55. The summed E-state index contributed by atoms with van der Waals surface area (Å²) in [5, 5.41) is 12.1. The molecule has 0 unspecified atom stereocenters. The van der Waals surface area contributed by atoms with Crippen LogP contribution >= 0.6 is 27.3 Å². The number of hydrogen-bond donors (Lipinski definition) is 1. The predicted octanol–water partition coefficient (Wildman–Crippen LogP) is 3.42. The van der Waals surface area contributed by atoms with E-state index in [0.29, 0.717) is 10.7 Å². The van der Waals surface area contributed by atoms with Crippen molar-refractivity contribution in [1.82, 2.24) is 10.2 Å². The predicted molar refractivity (Wildman–Crippen MR) is 76.1 cm³/mol. The number of anilines is 1. The van der Waals surface area contributed by atoms with Crippen LogP contribution in [0.5, 0.6) is 0 Å². The van der Waals surface area contributed by atoms with Gasteiger partial charge in [-0.3, -0.25) is 10.1 Å². The third-order valence-electron chi connectivity index (χ3n) is 2.50. The third kappa shape index (κ3) is 2.76. The molecule has 94 valence electrons. The Hall–Kier alpha value is -1.27. The van der Waals surface area contributed by atoms with E-state index in [1.165, 1.54) is 11.3 Å². The lowest BCUT2D eigenvalue weighted by atomic mass is 10.1. The van der Waals surface area contributed by atoms with Gasteiger partial charge in [-0.15, -0.1) is 10.2 Å². The molecule has 0 aliphatic rings. The van der Waals surface area contributed by atoms with E-state index in [0.717, 1.165) is 21.5 Å². The summed E-state index contributed by atoms with van der Waals surface area (Å²) in [4.78, 5) is 12.1. The van der Waals surface area contributed by atoms with E-state index in [1.54, 1.807) is 6.07 Å². The number of aromatic nitrogens is 2. The Morgan fingerprint density at radius 1 is 1.44 bits per heavy atom. The van der Waals surface area contributed by atoms with Crippen LogP contribution in [0.4, 0.5) is 5.13 Å². The molecule has 0 aliphatic carbocycles. The molecule has 0 bridgehead atoms. The maximum absolute atomic E-state index is 12.1. The SMILES string of the molecule is CCc1nnc(NC(=O)c2cccc(Br)c2C)s1. The second kappa shape index (κ2) is 5.58. The van der Waals surface area contributed by atoms with Crippen molar-refractivity contribution in [1.29, 1.82) is 0 Å². The highest BCUT2D eigenvalue weighted by atomic mass is 79.9. The van der Waals surface area contributed by atoms with E-state index in [1.807, 2.05) is 26.0 Å². The van der Waals surface area contributed by atoms with Crippen molar-refractivity contribution in [2.45, 2.75) is 20.3 Å². The van der Waals surface area contributed by atoms with Crippen LogP contribution in [0.15, 0.2) is 22.7 Å². The van der Waals surface area contributed by atoms with Gasteiger partial charge in [0.2, 0.25) is 5.13 Å². The van der Waals surface area contributed by atoms with Gasteiger partial charge in [-0.05, 0) is 31.0 Å². The number of amides is 1. The zero-order valence-corrected chi connectivity index (χ0v) is 12.4. The van der Waals surface area contributed by atoms with Gasteiger partial charge in [-0.1, -0.05) is 40.3 Å². The molecule has 0 spiro atoms. The summed E-state index contributed by atoms with van der Waals surface area (Å²) in [7, 11) is 0. The monoisotopic (exact) mass is 325 g/mol. The number of halogens is 1. The van der Waals surface area contributed by atoms with Gasteiger partial charge >= 0.3 is 0 Å². The molecule has 0 fully saturated rings. The summed E-state index contributed by atoms with van der Waals surface area (Å²) in [5.74, 6) is -0.160. The first kappa shape index (κ1) is 13.2. The van der Waals surface area contributed by atoms with Crippen LogP contribution < -0.4 is 5.32 Å². The van der Waals surface area contributed by atoms with Gasteiger partial charge in [-0.25, -0.2) is 0 Å². The van der Waals surface area contributed by atoms with E-state index in [2.05, 4.69) is 31.4 Å². The minimum atomic E-state index is -0.160. The summed E-state index contributed by atoms with van der Waals surface area (Å²) >= 11 is 4.81. The van der Waals surface area contributed by atoms with E-state index in [4.69, 9.17) is 0 Å². The molecule has 1 amide bonds. The first-order valence-electron chi connectivity index (χ1n) is 5.50. The van der Waals surface area contributed by atoms with E-state index >= 15 is 0 Å². The lowest BCUT2D eigenvalue weighted by molar-refractivity contribution is 0.102. The smallest absolute Gasteiger partial charge is 0.257 e. The maximum Gasteiger partial charge on any atom is 0.257 e. The average Bonchev–Trinajstić information content (AvgIpc) is 2.80. The van der Waals surface area contributed by atoms with Crippen LogP contribution in [-0.2, 0) is 6.42 Å². The van der Waals surface area contributed by atoms with E-state index in [9.17, 15) is 4.79 Å². The topological polar surface area (TPSA) is 54.9 Å². The summed E-state index contributed by atoms with van der Waals surface area (Å²) in [6.45, 7) is 3.90. The number of carbonyl (C=O) groups is 1. The van der Waals surface area contributed by atoms with Crippen LogP contribution in [-0.4, -0.2) is 16.1 Å². The van der Waals surface area contributed by atoms with Crippen molar-refractivity contribution >= 4 is 38.3 Å². The molecule has 1 aromatic carbocycles. The van der Waals surface area contributed by atoms with Gasteiger partial charge in [0.25, 0.3) is 5.91 Å². The Bertz CT molecular complexity index is 582. The average molecular weight is 326 g/mol. The molecule has 2 rings (SSSR count). The molecule has 2 aromatic rings. The number of carbonyl (C=O) groups excluding carboxylic acids is 1. The Kier molecular flexibility index (Phi) is 4.08. The Balaban J connectivity index is 2.19. The van der Waals surface area contributed by atoms with Crippen LogP contribution in [0.3, 0.4) is 0 Å². The van der Waals surface area contributed by atoms with E-state index < -0.39 is 0 Å². The molecule has 0 atom stereocenters. The Morgan fingerprint density at radius 3 is 2.89 bits per heavy atom. The summed E-state index contributed by atoms with van der Waals surface area (Å²) in [6.07, 6.45) is 0.823. The number of nitrogens with one attached hydrogen (secondary N) is 1. The number of nitrogens with zero attached hydrogens (tertiary/aromatic N) is 2. The van der Waals surface area contributed by atoms with Crippen molar-refractivity contribution in [3.8, 4) is 0 Å². The van der Waals surface area contributed by atoms with Gasteiger partial charge < -0.3 is 0 Å². The number of benzene rings is 1. The van der Waals surface area contributed by atoms with Crippen LogP contribution in [0.1, 0.15) is 27.9 Å². The molecular weight excluding hydrogens is 314 g/mol. The van der Waals surface area contributed by atoms with Gasteiger partial charge in [0.05, 0.1) is 0 Å². The number of rotatable bonds is 3. The second-order valence-electron chi connectivity index (χ2n) is 3.72. The quantitative estimate of drug-likeness (QED) is 0.940. The number of hydrogen-bond acceptors (Lipinski definition) is 4. The van der Waals surface area contributed by atoms with Gasteiger partial charge in [0.1, 0.15) is 5.01 Å². The highest BCUT2D eigenvalue weighted by Crippen LogP contribution is 2.21. The lowest BCUT2D eigenvalue weighted by Crippen LogP contribution is -2.13. The largest absolute Gasteiger partial charge is 0.296 e. The van der Waals surface area contributed by atoms with Crippen molar-refractivity contribution in [2.75, 3.05) is 5.32 Å². The molecule has 1 heterocycles. The second-order valence-corrected chi connectivity index (χ2v) is 5.64. The Labute approximate surface area is 118 Å². The minimum absolute atomic E-state index is 0.160. The van der Waals surface area contributed by atoms with Crippen LogP contribution in [0.25, 0.3) is 0 Å². The van der Waals surface area contributed by atoms with Gasteiger partial charge in [0.15, 0.2) is 0 Å². The van der Waals surface area contributed by atoms with Crippen molar-refractivity contribution < 1.29 is 4.79 Å². The van der Waals surface area contributed by atoms with Crippen LogP contribution in [0, 0.1) is 6.92 Å². The first-order chi connectivity index (χ1) is 8.61. The highest BCUT2D eigenvalue weighted by Gasteiger charge is 2.13. The van der Waals surface area contributed by atoms with Crippen LogP contribution in [0.2, 0.25) is 0 Å².